The molecular formula is C15H24O3. The third-order valence-electron chi connectivity index (χ3n) is 3.27. The van der Waals surface area contributed by atoms with Gasteiger partial charge in [0.25, 0.3) is 0 Å². The lowest BCUT2D eigenvalue weighted by Gasteiger charge is -2.21. The molecule has 0 aromatic heterocycles. The lowest BCUT2D eigenvalue weighted by atomic mass is 10.3. The van der Waals surface area contributed by atoms with E-state index < -0.39 is 0 Å². The van der Waals surface area contributed by atoms with Crippen molar-refractivity contribution >= 4 is 0 Å². The molecule has 0 N–H and O–H groups in total. The van der Waals surface area contributed by atoms with E-state index in [2.05, 4.69) is 12.2 Å². The Morgan fingerprint density at radius 3 is 2.11 bits per heavy atom. The fraction of sp³-hybridized carbons (Fsp3) is 0.733. The smallest absolute Gasteiger partial charge is 0.242 e. The van der Waals surface area contributed by atoms with Crippen LogP contribution in [-0.4, -0.2) is 19.5 Å². The second-order valence-corrected chi connectivity index (χ2v) is 4.78. The number of allylic oxidation sites excluding steroid dienone is 4. The molecule has 0 radical (unpaired) electrons. The minimum absolute atomic E-state index is 0.176. The van der Waals surface area contributed by atoms with E-state index in [0.29, 0.717) is 6.61 Å². The van der Waals surface area contributed by atoms with Gasteiger partial charge in [-0.25, -0.2) is 0 Å². The molecule has 3 heteroatoms. The SMILES string of the molecule is CCOCCC(OC1=CCCC1)OC1=CCCC1. The second kappa shape index (κ2) is 7.47. The van der Waals surface area contributed by atoms with Gasteiger partial charge in [-0.15, -0.1) is 0 Å². The van der Waals surface area contributed by atoms with Gasteiger partial charge in [0.1, 0.15) is 0 Å². The summed E-state index contributed by atoms with van der Waals surface area (Å²) in [7, 11) is 0. The number of hydrogen-bond donors (Lipinski definition) is 0. The number of rotatable bonds is 8. The van der Waals surface area contributed by atoms with Crippen LogP contribution in [0.2, 0.25) is 0 Å². The standard InChI is InChI=1S/C15H24O3/c1-2-16-12-11-15(17-13-7-3-4-8-13)18-14-9-5-6-10-14/h7,9,15H,2-6,8,10-12H2,1H3. The molecule has 0 atom stereocenters. The first-order valence-corrected chi connectivity index (χ1v) is 7.17. The van der Waals surface area contributed by atoms with Crippen LogP contribution in [0.5, 0.6) is 0 Å². The van der Waals surface area contributed by atoms with E-state index in [1.165, 1.54) is 12.8 Å². The third kappa shape index (κ3) is 4.37. The summed E-state index contributed by atoms with van der Waals surface area (Å²) in [5.41, 5.74) is 0. The lowest BCUT2D eigenvalue weighted by molar-refractivity contribution is -0.103. The fourth-order valence-electron chi connectivity index (χ4n) is 2.30. The summed E-state index contributed by atoms with van der Waals surface area (Å²) in [6, 6.07) is 0. The molecule has 2 aliphatic rings. The molecular weight excluding hydrogens is 228 g/mol. The molecule has 0 aliphatic heterocycles. The van der Waals surface area contributed by atoms with Gasteiger partial charge >= 0.3 is 0 Å². The topological polar surface area (TPSA) is 27.7 Å². The zero-order chi connectivity index (χ0) is 12.6. The Bertz CT molecular complexity index is 281. The van der Waals surface area contributed by atoms with Gasteiger partial charge in [0.2, 0.25) is 6.29 Å². The average molecular weight is 252 g/mol. The molecule has 3 nitrogen and oxygen atoms in total. The van der Waals surface area contributed by atoms with E-state index in [9.17, 15) is 0 Å². The molecule has 0 bridgehead atoms. The van der Waals surface area contributed by atoms with E-state index >= 15 is 0 Å². The van der Waals surface area contributed by atoms with E-state index in [1.54, 1.807) is 0 Å². The maximum Gasteiger partial charge on any atom is 0.242 e. The Kier molecular flexibility index (Phi) is 5.59. The highest BCUT2D eigenvalue weighted by molar-refractivity contribution is 5.02. The van der Waals surface area contributed by atoms with Gasteiger partial charge in [-0.3, -0.25) is 0 Å². The van der Waals surface area contributed by atoms with Gasteiger partial charge in [0.15, 0.2) is 0 Å². The Morgan fingerprint density at radius 1 is 1.06 bits per heavy atom. The van der Waals surface area contributed by atoms with Crippen LogP contribution < -0.4 is 0 Å². The van der Waals surface area contributed by atoms with Crippen LogP contribution in [0.3, 0.4) is 0 Å². The van der Waals surface area contributed by atoms with Crippen molar-refractivity contribution in [3.8, 4) is 0 Å². The summed E-state index contributed by atoms with van der Waals surface area (Å²) >= 11 is 0. The van der Waals surface area contributed by atoms with Gasteiger partial charge in [-0.2, -0.15) is 0 Å². The van der Waals surface area contributed by atoms with Crippen molar-refractivity contribution < 1.29 is 14.2 Å². The van der Waals surface area contributed by atoms with E-state index in [4.69, 9.17) is 14.2 Å². The molecule has 2 aliphatic carbocycles. The molecule has 0 saturated heterocycles. The molecule has 0 aromatic rings. The van der Waals surface area contributed by atoms with Crippen molar-refractivity contribution in [1.29, 1.82) is 0 Å². The summed E-state index contributed by atoms with van der Waals surface area (Å²) in [5, 5.41) is 0. The zero-order valence-corrected chi connectivity index (χ0v) is 11.3. The normalized spacial score (nSPS) is 19.0. The van der Waals surface area contributed by atoms with Crippen LogP contribution in [0.15, 0.2) is 23.7 Å². The average Bonchev–Trinajstić information content (AvgIpc) is 3.02. The summed E-state index contributed by atoms with van der Waals surface area (Å²) in [6.45, 7) is 3.45. The third-order valence-corrected chi connectivity index (χ3v) is 3.27. The van der Waals surface area contributed by atoms with Crippen LogP contribution in [0, 0.1) is 0 Å². The largest absolute Gasteiger partial charge is 0.460 e. The molecule has 0 spiro atoms. The quantitative estimate of drug-likeness (QED) is 0.484. The van der Waals surface area contributed by atoms with Crippen LogP contribution in [0.4, 0.5) is 0 Å². The van der Waals surface area contributed by atoms with Crippen molar-refractivity contribution in [2.24, 2.45) is 0 Å². The second-order valence-electron chi connectivity index (χ2n) is 4.78. The lowest BCUT2D eigenvalue weighted by Crippen LogP contribution is -2.18. The van der Waals surface area contributed by atoms with Crippen molar-refractivity contribution in [1.82, 2.24) is 0 Å². The van der Waals surface area contributed by atoms with E-state index in [-0.39, 0.29) is 6.29 Å². The number of ether oxygens (including phenoxy) is 3. The summed E-state index contributed by atoms with van der Waals surface area (Å²) in [6.07, 6.45) is 11.8. The molecule has 0 fully saturated rings. The minimum atomic E-state index is -0.176. The van der Waals surface area contributed by atoms with Crippen molar-refractivity contribution in [2.45, 2.75) is 58.2 Å². The highest BCUT2D eigenvalue weighted by Crippen LogP contribution is 2.25. The molecule has 0 aromatic carbocycles. The van der Waals surface area contributed by atoms with Crippen LogP contribution >= 0.6 is 0 Å². The predicted molar refractivity (Wildman–Crippen MR) is 70.9 cm³/mol. The monoisotopic (exact) mass is 252 g/mol. The van der Waals surface area contributed by atoms with Crippen molar-refractivity contribution in [2.75, 3.05) is 13.2 Å². The maximum absolute atomic E-state index is 5.94. The van der Waals surface area contributed by atoms with Gasteiger partial charge in [0.05, 0.1) is 18.1 Å². The molecule has 102 valence electrons. The van der Waals surface area contributed by atoms with Gasteiger partial charge < -0.3 is 14.2 Å². The Labute approximate surface area is 110 Å². The highest BCUT2D eigenvalue weighted by Gasteiger charge is 2.18. The van der Waals surface area contributed by atoms with Gasteiger partial charge in [0, 0.05) is 25.9 Å². The molecule has 0 heterocycles. The van der Waals surface area contributed by atoms with E-state index in [1.807, 2.05) is 6.92 Å². The first kappa shape index (κ1) is 13.5. The maximum atomic E-state index is 5.94. The van der Waals surface area contributed by atoms with Gasteiger partial charge in [-0.1, -0.05) is 0 Å². The zero-order valence-electron chi connectivity index (χ0n) is 11.3. The molecule has 0 unspecified atom stereocenters. The first-order valence-electron chi connectivity index (χ1n) is 7.17. The Morgan fingerprint density at radius 2 is 1.67 bits per heavy atom. The summed E-state index contributed by atoms with van der Waals surface area (Å²) in [5.74, 6) is 2.19. The van der Waals surface area contributed by atoms with E-state index in [0.717, 1.165) is 50.2 Å². The Balaban J connectivity index is 1.80. The molecule has 0 amide bonds. The van der Waals surface area contributed by atoms with Crippen LogP contribution in [-0.2, 0) is 14.2 Å². The van der Waals surface area contributed by atoms with Crippen molar-refractivity contribution in [3.05, 3.63) is 23.7 Å². The first-order chi connectivity index (χ1) is 8.88. The van der Waals surface area contributed by atoms with Crippen molar-refractivity contribution in [3.63, 3.8) is 0 Å². The molecule has 18 heavy (non-hydrogen) atoms. The predicted octanol–water partition coefficient (Wildman–Crippen LogP) is 3.91. The molecule has 0 saturated carbocycles. The van der Waals surface area contributed by atoms with Crippen LogP contribution in [0.1, 0.15) is 51.9 Å². The Hall–Kier alpha value is -0.960. The fourth-order valence-corrected chi connectivity index (χ4v) is 2.30. The number of hydrogen-bond acceptors (Lipinski definition) is 3. The summed E-state index contributed by atoms with van der Waals surface area (Å²) in [4.78, 5) is 0. The minimum Gasteiger partial charge on any atom is -0.460 e. The van der Waals surface area contributed by atoms with Gasteiger partial charge in [-0.05, 0) is 44.8 Å². The summed E-state index contributed by atoms with van der Waals surface area (Å²) < 4.78 is 17.3. The van der Waals surface area contributed by atoms with Crippen LogP contribution in [0.25, 0.3) is 0 Å². The highest BCUT2D eigenvalue weighted by atomic mass is 16.7. The molecule has 2 rings (SSSR count).